The van der Waals surface area contributed by atoms with Gasteiger partial charge in [-0.15, -0.1) is 0 Å². The number of hydrogen-bond acceptors (Lipinski definition) is 5. The van der Waals surface area contributed by atoms with Crippen LogP contribution in [0.15, 0.2) is 66.2 Å². The van der Waals surface area contributed by atoms with E-state index < -0.39 is 17.7 Å². The first-order valence-electron chi connectivity index (χ1n) is 9.93. The minimum absolute atomic E-state index is 0.0504. The molecule has 0 spiro atoms. The molecule has 3 aromatic carbocycles. The molecule has 2 N–H and O–H groups in total. The standard InChI is InChI=1S/C25H19Cl2NO5/c1-13-11-15(4-10-20(13)33-2)23(30)21-22(14-3-9-19(29)18(27)12-14)28(25(32)24(21)31)17-7-5-16(26)6-8-17/h3-12,22,29-30H,1-2H3/b23-21-. The Morgan fingerprint density at radius 2 is 1.70 bits per heavy atom. The zero-order valence-corrected chi connectivity index (χ0v) is 19.2. The number of carbonyl (C=O) groups is 2. The maximum Gasteiger partial charge on any atom is 0.300 e. The van der Waals surface area contributed by atoms with Gasteiger partial charge in [-0.2, -0.15) is 0 Å². The summed E-state index contributed by atoms with van der Waals surface area (Å²) in [7, 11) is 1.54. The predicted molar refractivity (Wildman–Crippen MR) is 127 cm³/mol. The van der Waals surface area contributed by atoms with E-state index in [1.54, 1.807) is 55.5 Å². The average Bonchev–Trinajstić information content (AvgIpc) is 3.06. The Hall–Kier alpha value is -3.48. The number of aliphatic hydroxyl groups excluding tert-OH is 1. The van der Waals surface area contributed by atoms with Crippen LogP contribution in [0.25, 0.3) is 5.76 Å². The number of nitrogens with zero attached hydrogens (tertiary/aromatic N) is 1. The van der Waals surface area contributed by atoms with Crippen molar-refractivity contribution in [1.29, 1.82) is 0 Å². The molecule has 1 aliphatic rings. The number of anilines is 1. The number of aromatic hydroxyl groups is 1. The van der Waals surface area contributed by atoms with E-state index in [1.165, 1.54) is 24.1 Å². The fraction of sp³-hybridized carbons (Fsp3) is 0.120. The summed E-state index contributed by atoms with van der Waals surface area (Å²) in [5, 5.41) is 21.6. The second-order valence-corrected chi connectivity index (χ2v) is 8.38. The second-order valence-electron chi connectivity index (χ2n) is 7.54. The van der Waals surface area contributed by atoms with Gasteiger partial charge < -0.3 is 14.9 Å². The molecule has 1 heterocycles. The van der Waals surface area contributed by atoms with Crippen molar-refractivity contribution < 1.29 is 24.5 Å². The summed E-state index contributed by atoms with van der Waals surface area (Å²) in [6, 6.07) is 14.8. The highest BCUT2D eigenvalue weighted by Crippen LogP contribution is 2.43. The Bertz CT molecular complexity index is 1300. The normalized spacial score (nSPS) is 17.5. The van der Waals surface area contributed by atoms with Crippen molar-refractivity contribution in [1.82, 2.24) is 0 Å². The molecule has 0 bridgehead atoms. The number of carbonyl (C=O) groups excluding carboxylic acids is 2. The smallest absolute Gasteiger partial charge is 0.300 e. The predicted octanol–water partition coefficient (Wildman–Crippen LogP) is 5.64. The molecule has 0 saturated carbocycles. The molecule has 8 heteroatoms. The number of hydrogen-bond donors (Lipinski definition) is 2. The number of ketones is 1. The lowest BCUT2D eigenvalue weighted by atomic mass is 9.94. The molecule has 1 saturated heterocycles. The summed E-state index contributed by atoms with van der Waals surface area (Å²) in [5.74, 6) is -1.50. The van der Waals surface area contributed by atoms with E-state index in [4.69, 9.17) is 27.9 Å². The number of ether oxygens (including phenoxy) is 1. The second kappa shape index (κ2) is 8.81. The molecule has 1 atom stereocenters. The van der Waals surface area contributed by atoms with Crippen LogP contribution in [0.2, 0.25) is 10.0 Å². The zero-order chi connectivity index (χ0) is 23.9. The van der Waals surface area contributed by atoms with Crippen LogP contribution < -0.4 is 9.64 Å². The minimum atomic E-state index is -0.980. The lowest BCUT2D eigenvalue weighted by molar-refractivity contribution is -0.132. The van der Waals surface area contributed by atoms with Crippen molar-refractivity contribution in [2.24, 2.45) is 0 Å². The van der Waals surface area contributed by atoms with Crippen molar-refractivity contribution in [3.8, 4) is 11.5 Å². The van der Waals surface area contributed by atoms with E-state index in [0.717, 1.165) is 5.56 Å². The molecule has 3 aromatic rings. The van der Waals surface area contributed by atoms with Crippen molar-refractivity contribution in [2.75, 3.05) is 12.0 Å². The Morgan fingerprint density at radius 3 is 2.30 bits per heavy atom. The van der Waals surface area contributed by atoms with Gasteiger partial charge in [-0.3, -0.25) is 14.5 Å². The molecule has 1 aliphatic heterocycles. The zero-order valence-electron chi connectivity index (χ0n) is 17.7. The SMILES string of the molecule is COc1ccc(/C(O)=C2/C(=O)C(=O)N(c3ccc(Cl)cc3)C2c2ccc(O)c(Cl)c2)cc1C. The summed E-state index contributed by atoms with van der Waals surface area (Å²) in [6.45, 7) is 1.80. The van der Waals surface area contributed by atoms with Gasteiger partial charge in [0.15, 0.2) is 0 Å². The van der Waals surface area contributed by atoms with Gasteiger partial charge in [-0.25, -0.2) is 0 Å². The molecule has 1 unspecified atom stereocenters. The van der Waals surface area contributed by atoms with E-state index in [-0.39, 0.29) is 22.1 Å². The number of phenols is 1. The van der Waals surface area contributed by atoms with Crippen molar-refractivity contribution in [3.05, 3.63) is 93.0 Å². The summed E-state index contributed by atoms with van der Waals surface area (Å²) in [4.78, 5) is 27.6. The van der Waals surface area contributed by atoms with Crippen LogP contribution in [0.5, 0.6) is 11.5 Å². The maximum atomic E-state index is 13.2. The van der Waals surface area contributed by atoms with E-state index in [1.807, 2.05) is 0 Å². The number of amides is 1. The molecule has 0 radical (unpaired) electrons. The highest BCUT2D eigenvalue weighted by atomic mass is 35.5. The molecule has 0 aliphatic carbocycles. The number of halogens is 2. The summed E-state index contributed by atoms with van der Waals surface area (Å²) in [5.41, 5.74) is 1.87. The summed E-state index contributed by atoms with van der Waals surface area (Å²) >= 11 is 12.1. The van der Waals surface area contributed by atoms with Crippen LogP contribution in [0.1, 0.15) is 22.7 Å². The lowest BCUT2D eigenvalue weighted by Gasteiger charge is -2.25. The first kappa shape index (κ1) is 22.7. The van der Waals surface area contributed by atoms with Gasteiger partial charge in [0.2, 0.25) is 0 Å². The van der Waals surface area contributed by atoms with Crippen LogP contribution in [0.3, 0.4) is 0 Å². The molecule has 6 nitrogen and oxygen atoms in total. The van der Waals surface area contributed by atoms with Crippen molar-refractivity contribution in [3.63, 3.8) is 0 Å². The van der Waals surface area contributed by atoms with Gasteiger partial charge in [-0.1, -0.05) is 29.3 Å². The molecular weight excluding hydrogens is 465 g/mol. The Kier molecular flexibility index (Phi) is 6.06. The van der Waals surface area contributed by atoms with E-state index in [9.17, 15) is 19.8 Å². The van der Waals surface area contributed by atoms with Gasteiger partial charge in [0, 0.05) is 16.3 Å². The van der Waals surface area contributed by atoms with Crippen LogP contribution >= 0.6 is 23.2 Å². The highest BCUT2D eigenvalue weighted by Gasteiger charge is 2.47. The van der Waals surface area contributed by atoms with Crippen LogP contribution in [0.4, 0.5) is 5.69 Å². The van der Waals surface area contributed by atoms with Crippen LogP contribution in [0, 0.1) is 6.92 Å². The van der Waals surface area contributed by atoms with E-state index in [2.05, 4.69) is 0 Å². The maximum absolute atomic E-state index is 13.2. The first-order chi connectivity index (χ1) is 15.7. The van der Waals surface area contributed by atoms with Crippen molar-refractivity contribution in [2.45, 2.75) is 13.0 Å². The Labute approximate surface area is 200 Å². The molecular formula is C25H19Cl2NO5. The largest absolute Gasteiger partial charge is 0.507 e. The van der Waals surface area contributed by atoms with Gasteiger partial charge in [0.25, 0.3) is 11.7 Å². The Balaban J connectivity index is 1.95. The van der Waals surface area contributed by atoms with Crippen LogP contribution in [-0.2, 0) is 9.59 Å². The molecule has 1 fully saturated rings. The molecule has 0 aromatic heterocycles. The fourth-order valence-corrected chi connectivity index (χ4v) is 4.21. The molecule has 4 rings (SSSR count). The topological polar surface area (TPSA) is 87.1 Å². The van der Waals surface area contributed by atoms with Gasteiger partial charge in [0.1, 0.15) is 17.3 Å². The van der Waals surface area contributed by atoms with E-state index >= 15 is 0 Å². The van der Waals surface area contributed by atoms with Gasteiger partial charge >= 0.3 is 0 Å². The third kappa shape index (κ3) is 4.03. The number of methoxy groups -OCH3 is 1. The van der Waals surface area contributed by atoms with Gasteiger partial charge in [0.05, 0.1) is 23.7 Å². The number of benzene rings is 3. The monoisotopic (exact) mass is 483 g/mol. The van der Waals surface area contributed by atoms with Gasteiger partial charge in [-0.05, 0) is 72.6 Å². The fourth-order valence-electron chi connectivity index (χ4n) is 3.89. The molecule has 33 heavy (non-hydrogen) atoms. The van der Waals surface area contributed by atoms with E-state index in [0.29, 0.717) is 27.6 Å². The Morgan fingerprint density at radius 1 is 1.00 bits per heavy atom. The third-order valence-electron chi connectivity index (χ3n) is 5.50. The molecule has 1 amide bonds. The number of phenolic OH excluding ortho intramolecular Hbond substituents is 1. The van der Waals surface area contributed by atoms with Crippen molar-refractivity contribution >= 4 is 46.3 Å². The first-order valence-corrected chi connectivity index (χ1v) is 10.7. The summed E-state index contributed by atoms with van der Waals surface area (Å²) < 4.78 is 5.27. The quantitative estimate of drug-likeness (QED) is 0.284. The lowest BCUT2D eigenvalue weighted by Crippen LogP contribution is -2.29. The third-order valence-corrected chi connectivity index (χ3v) is 6.06. The molecule has 168 valence electrons. The number of aryl methyl sites for hydroxylation is 1. The number of rotatable bonds is 4. The average molecular weight is 484 g/mol. The number of aliphatic hydroxyl groups is 1. The van der Waals surface area contributed by atoms with Crippen LogP contribution in [-0.4, -0.2) is 29.0 Å². The highest BCUT2D eigenvalue weighted by molar-refractivity contribution is 6.51. The minimum Gasteiger partial charge on any atom is -0.507 e. The number of Topliss-reactive ketones (excluding diaryl/α,β-unsaturated/α-hetero) is 1. The summed E-state index contributed by atoms with van der Waals surface area (Å²) in [6.07, 6.45) is 0.